The van der Waals surface area contributed by atoms with Crippen LogP contribution >= 0.6 is 0 Å². The van der Waals surface area contributed by atoms with Crippen molar-refractivity contribution in [2.75, 3.05) is 7.11 Å². The van der Waals surface area contributed by atoms with Crippen LogP contribution in [-0.4, -0.2) is 41.9 Å². The number of piperidine rings is 1. The molecule has 0 unspecified atom stereocenters. The van der Waals surface area contributed by atoms with E-state index in [1.54, 1.807) is 6.92 Å². The van der Waals surface area contributed by atoms with Gasteiger partial charge in [-0.15, -0.1) is 0 Å². The maximum atomic E-state index is 11.6. The number of hydrogen-bond acceptors (Lipinski definition) is 5. The summed E-state index contributed by atoms with van der Waals surface area (Å²) in [5, 5.41) is 0. The van der Waals surface area contributed by atoms with Gasteiger partial charge in [0.1, 0.15) is 6.04 Å². The smallest absolute Gasteiger partial charge is 0.324 e. The fourth-order valence-electron chi connectivity index (χ4n) is 1.72. The Morgan fingerprint density at radius 3 is 2.31 bits per heavy atom. The minimum atomic E-state index is -0.990. The summed E-state index contributed by atoms with van der Waals surface area (Å²) < 4.78 is 4.48. The molecule has 0 aromatic rings. The van der Waals surface area contributed by atoms with Crippen LogP contribution < -0.4 is 5.73 Å². The van der Waals surface area contributed by atoms with Crippen molar-refractivity contribution >= 4 is 17.8 Å². The molecule has 6 nitrogen and oxygen atoms in total. The van der Waals surface area contributed by atoms with E-state index in [0.717, 1.165) is 4.90 Å². The number of ether oxygens (including phenoxy) is 1. The van der Waals surface area contributed by atoms with Crippen LogP contribution in [0.25, 0.3) is 0 Å². The molecule has 0 saturated carbocycles. The van der Waals surface area contributed by atoms with E-state index in [2.05, 4.69) is 4.74 Å². The highest BCUT2D eigenvalue weighted by Crippen LogP contribution is 2.16. The fraction of sp³-hybridized carbons (Fsp3) is 0.700. The van der Waals surface area contributed by atoms with E-state index in [1.165, 1.54) is 7.11 Å². The molecule has 1 saturated heterocycles. The summed E-state index contributed by atoms with van der Waals surface area (Å²) in [6.07, 6.45) is 1.21. The number of esters is 1. The van der Waals surface area contributed by atoms with Crippen LogP contribution in [0, 0.1) is 0 Å². The molecule has 0 radical (unpaired) electrons. The second kappa shape index (κ2) is 5.07. The predicted molar refractivity (Wildman–Crippen MR) is 55.2 cm³/mol. The lowest BCUT2D eigenvalue weighted by atomic mass is 10.0. The number of methoxy groups -OCH3 is 1. The number of carbonyl (C=O) groups excluding carboxylic acids is 3. The van der Waals surface area contributed by atoms with E-state index in [0.29, 0.717) is 19.3 Å². The zero-order chi connectivity index (χ0) is 12.3. The maximum absolute atomic E-state index is 11.6. The number of nitrogens with zero attached hydrogens (tertiary/aromatic N) is 1. The Morgan fingerprint density at radius 2 is 1.88 bits per heavy atom. The molecule has 16 heavy (non-hydrogen) atoms. The van der Waals surface area contributed by atoms with Gasteiger partial charge in [0.15, 0.2) is 0 Å². The summed E-state index contributed by atoms with van der Waals surface area (Å²) in [4.78, 5) is 35.4. The topological polar surface area (TPSA) is 89.7 Å². The molecule has 1 aliphatic heterocycles. The van der Waals surface area contributed by atoms with Gasteiger partial charge in [-0.05, 0) is 13.3 Å². The van der Waals surface area contributed by atoms with Crippen LogP contribution in [0.2, 0.25) is 0 Å². The van der Waals surface area contributed by atoms with E-state index >= 15 is 0 Å². The van der Waals surface area contributed by atoms with Crippen LogP contribution in [0.15, 0.2) is 0 Å². The molecule has 0 aliphatic carbocycles. The van der Waals surface area contributed by atoms with E-state index < -0.39 is 18.1 Å². The van der Waals surface area contributed by atoms with E-state index in [9.17, 15) is 14.4 Å². The zero-order valence-electron chi connectivity index (χ0n) is 9.43. The average Bonchev–Trinajstić information content (AvgIpc) is 2.26. The SMILES string of the molecule is COC(=O)[C@H](N)[C@H](C)N1C(=O)CCCC1=O. The number of carbonyl (C=O) groups is 3. The quantitative estimate of drug-likeness (QED) is 0.515. The van der Waals surface area contributed by atoms with Gasteiger partial charge in [0.25, 0.3) is 0 Å². The number of likely N-dealkylation sites (tertiary alicyclic amines) is 1. The molecular weight excluding hydrogens is 212 g/mol. The third-order valence-electron chi connectivity index (χ3n) is 2.72. The first kappa shape index (κ1) is 12.6. The molecule has 90 valence electrons. The molecule has 0 bridgehead atoms. The van der Waals surface area contributed by atoms with Gasteiger partial charge in [0.05, 0.1) is 13.2 Å². The second-order valence-electron chi connectivity index (χ2n) is 3.80. The van der Waals surface area contributed by atoms with Crippen molar-refractivity contribution in [3.05, 3.63) is 0 Å². The lowest BCUT2D eigenvalue weighted by Gasteiger charge is -2.32. The summed E-state index contributed by atoms with van der Waals surface area (Å²) in [7, 11) is 1.22. The van der Waals surface area contributed by atoms with Crippen molar-refractivity contribution in [1.29, 1.82) is 0 Å². The molecule has 1 aliphatic rings. The highest BCUT2D eigenvalue weighted by atomic mass is 16.5. The van der Waals surface area contributed by atoms with Crippen LogP contribution in [0.3, 0.4) is 0 Å². The number of hydrogen-bond donors (Lipinski definition) is 1. The maximum Gasteiger partial charge on any atom is 0.324 e. The van der Waals surface area contributed by atoms with Crippen molar-refractivity contribution in [1.82, 2.24) is 4.90 Å². The number of nitrogens with two attached hydrogens (primary N) is 1. The Labute approximate surface area is 93.7 Å². The predicted octanol–water partition coefficient (Wildman–Crippen LogP) is -0.586. The monoisotopic (exact) mass is 228 g/mol. The molecule has 0 aromatic carbocycles. The van der Waals surface area contributed by atoms with E-state index in [1.807, 2.05) is 0 Å². The van der Waals surface area contributed by atoms with Crippen LogP contribution in [0.1, 0.15) is 26.2 Å². The number of imide groups is 1. The molecule has 0 aromatic heterocycles. The summed E-state index contributed by atoms with van der Waals surface area (Å²) >= 11 is 0. The van der Waals surface area contributed by atoms with Crippen LogP contribution in [-0.2, 0) is 19.1 Å². The molecule has 1 fully saturated rings. The summed E-state index contributed by atoms with van der Waals surface area (Å²) in [5.74, 6) is -1.18. The summed E-state index contributed by atoms with van der Waals surface area (Å²) in [6.45, 7) is 1.57. The van der Waals surface area contributed by atoms with Crippen LogP contribution in [0.4, 0.5) is 0 Å². The third kappa shape index (κ3) is 2.38. The van der Waals surface area contributed by atoms with Gasteiger partial charge in [-0.1, -0.05) is 0 Å². The normalized spacial score (nSPS) is 20.6. The average molecular weight is 228 g/mol. The standard InChI is InChI=1S/C10H16N2O4/c1-6(9(11)10(15)16-2)12-7(13)4-3-5-8(12)14/h6,9H,3-5,11H2,1-2H3/t6-,9+/m0/s1. The first-order chi connectivity index (χ1) is 7.49. The Kier molecular flexibility index (Phi) is 4.00. The van der Waals surface area contributed by atoms with Crippen molar-refractivity contribution in [2.45, 2.75) is 38.3 Å². The number of rotatable bonds is 3. The van der Waals surface area contributed by atoms with Crippen LogP contribution in [0.5, 0.6) is 0 Å². The van der Waals surface area contributed by atoms with Gasteiger partial charge < -0.3 is 10.5 Å². The third-order valence-corrected chi connectivity index (χ3v) is 2.72. The van der Waals surface area contributed by atoms with Crippen molar-refractivity contribution < 1.29 is 19.1 Å². The molecule has 2 atom stereocenters. The lowest BCUT2D eigenvalue weighted by Crippen LogP contribution is -2.56. The minimum Gasteiger partial charge on any atom is -0.468 e. The van der Waals surface area contributed by atoms with Gasteiger partial charge in [-0.2, -0.15) is 0 Å². The van der Waals surface area contributed by atoms with Crippen molar-refractivity contribution in [3.8, 4) is 0 Å². The summed E-state index contributed by atoms with van der Waals surface area (Å²) in [5.41, 5.74) is 5.61. The molecule has 6 heteroatoms. The van der Waals surface area contributed by atoms with Gasteiger partial charge >= 0.3 is 5.97 Å². The van der Waals surface area contributed by atoms with E-state index in [-0.39, 0.29) is 11.8 Å². The Bertz CT molecular complexity index is 300. The number of amides is 2. The molecule has 1 rings (SSSR count). The highest BCUT2D eigenvalue weighted by Gasteiger charge is 2.35. The van der Waals surface area contributed by atoms with Gasteiger partial charge in [-0.25, -0.2) is 0 Å². The zero-order valence-corrected chi connectivity index (χ0v) is 9.43. The fourth-order valence-corrected chi connectivity index (χ4v) is 1.72. The van der Waals surface area contributed by atoms with Gasteiger partial charge in [0, 0.05) is 12.8 Å². The first-order valence-corrected chi connectivity index (χ1v) is 5.17. The van der Waals surface area contributed by atoms with E-state index in [4.69, 9.17) is 5.73 Å². The molecular formula is C10H16N2O4. The molecule has 2 N–H and O–H groups in total. The Morgan fingerprint density at radius 1 is 1.38 bits per heavy atom. The summed E-state index contributed by atoms with van der Waals surface area (Å²) in [6, 6.07) is -1.65. The van der Waals surface area contributed by atoms with Gasteiger partial charge in [0.2, 0.25) is 11.8 Å². The second-order valence-corrected chi connectivity index (χ2v) is 3.80. The minimum absolute atomic E-state index is 0.275. The van der Waals surface area contributed by atoms with Crippen molar-refractivity contribution in [2.24, 2.45) is 5.73 Å². The highest BCUT2D eigenvalue weighted by molar-refractivity contribution is 5.98. The molecule has 0 spiro atoms. The first-order valence-electron chi connectivity index (χ1n) is 5.17. The Balaban J connectivity index is 2.78. The largest absolute Gasteiger partial charge is 0.468 e. The van der Waals surface area contributed by atoms with Crippen molar-refractivity contribution in [3.63, 3.8) is 0 Å². The van der Waals surface area contributed by atoms with Gasteiger partial charge in [-0.3, -0.25) is 19.3 Å². The molecule has 2 amide bonds. The lowest BCUT2D eigenvalue weighted by molar-refractivity contribution is -0.153. The molecule has 1 heterocycles. The Hall–Kier alpha value is -1.43.